The highest BCUT2D eigenvalue weighted by Gasteiger charge is 2.14. The van der Waals surface area contributed by atoms with Crippen LogP contribution in [0.5, 0.6) is 0 Å². The van der Waals surface area contributed by atoms with E-state index in [0.717, 1.165) is 0 Å². The molecule has 0 bridgehead atoms. The zero-order chi connectivity index (χ0) is 12.6. The number of nitrogens with two attached hydrogens (primary N) is 1. The molecule has 0 amide bonds. The van der Waals surface area contributed by atoms with Gasteiger partial charge in [0.05, 0.1) is 21.3 Å². The van der Waals surface area contributed by atoms with Gasteiger partial charge < -0.3 is 5.73 Å². The van der Waals surface area contributed by atoms with Gasteiger partial charge in [0, 0.05) is 0 Å². The summed E-state index contributed by atoms with van der Waals surface area (Å²) in [4.78, 5) is 22.0. The Balaban J connectivity index is 2.37. The second kappa shape index (κ2) is 4.35. The van der Waals surface area contributed by atoms with Gasteiger partial charge >= 0.3 is 0 Å². The van der Waals surface area contributed by atoms with Crippen molar-refractivity contribution in [2.45, 2.75) is 0 Å². The molecule has 5 heteroatoms. The van der Waals surface area contributed by atoms with Crippen molar-refractivity contribution in [2.24, 2.45) is 0 Å². The van der Waals surface area contributed by atoms with E-state index in [1.165, 1.54) is 6.08 Å². The highest BCUT2D eigenvalue weighted by Crippen LogP contribution is 2.26. The molecule has 0 radical (unpaired) electrons. The first-order chi connectivity index (χ1) is 8.02. The van der Waals surface area contributed by atoms with Crippen LogP contribution in [0.15, 0.2) is 27.8 Å². The zero-order valence-electron chi connectivity index (χ0n) is 8.54. The molecule has 2 aromatic rings. The van der Waals surface area contributed by atoms with Crippen molar-refractivity contribution in [1.29, 1.82) is 0 Å². The summed E-state index contributed by atoms with van der Waals surface area (Å²) in [6.07, 6.45) is 3.07. The van der Waals surface area contributed by atoms with E-state index >= 15 is 0 Å². The van der Waals surface area contributed by atoms with Crippen LogP contribution >= 0.6 is 23.2 Å². The van der Waals surface area contributed by atoms with E-state index in [1.54, 1.807) is 24.3 Å². The van der Waals surface area contributed by atoms with Crippen molar-refractivity contribution in [2.75, 3.05) is 5.73 Å². The number of halogens is 2. The van der Waals surface area contributed by atoms with Crippen LogP contribution < -0.4 is 16.6 Å². The molecule has 2 aromatic carbocycles. The predicted octanol–water partition coefficient (Wildman–Crippen LogP) is 2.34. The van der Waals surface area contributed by atoms with Crippen molar-refractivity contribution in [3.05, 3.63) is 59.8 Å². The summed E-state index contributed by atoms with van der Waals surface area (Å²) in [7, 11) is 0. The molecule has 2 rings (SSSR count). The van der Waals surface area contributed by atoms with E-state index < -0.39 is 10.9 Å². The van der Waals surface area contributed by atoms with E-state index in [9.17, 15) is 9.59 Å². The van der Waals surface area contributed by atoms with Gasteiger partial charge in [-0.05, 0) is 17.7 Å². The number of hydrogen-bond acceptors (Lipinski definition) is 3. The second-order valence-corrected chi connectivity index (χ2v) is 4.25. The maximum absolute atomic E-state index is 11.1. The van der Waals surface area contributed by atoms with Crippen molar-refractivity contribution in [1.82, 2.24) is 0 Å². The summed E-state index contributed by atoms with van der Waals surface area (Å²) >= 11 is 11.8. The van der Waals surface area contributed by atoms with Gasteiger partial charge in [-0.2, -0.15) is 0 Å². The van der Waals surface area contributed by atoms with Gasteiger partial charge in [-0.15, -0.1) is 0 Å². The molecule has 0 atom stereocenters. The van der Waals surface area contributed by atoms with E-state index in [-0.39, 0.29) is 11.3 Å². The van der Waals surface area contributed by atoms with Gasteiger partial charge in [0.2, 0.25) is 10.9 Å². The molecule has 0 unspecified atom stereocenters. The molecular formula is C12H7Cl2NO2. The van der Waals surface area contributed by atoms with Crippen molar-refractivity contribution in [3.63, 3.8) is 0 Å². The first-order valence-corrected chi connectivity index (χ1v) is 5.49. The minimum atomic E-state index is -0.637. The molecule has 0 aliphatic rings. The molecule has 17 heavy (non-hydrogen) atoms. The fraction of sp³-hybridized carbons (Fsp3) is 0. The topological polar surface area (TPSA) is 60.2 Å². The Labute approximate surface area is 107 Å². The predicted molar refractivity (Wildman–Crippen MR) is 71.2 cm³/mol. The van der Waals surface area contributed by atoms with Crippen LogP contribution in [-0.4, -0.2) is 0 Å². The smallest absolute Gasteiger partial charge is 0.249 e. The third-order valence-corrected chi connectivity index (χ3v) is 3.23. The van der Waals surface area contributed by atoms with Gasteiger partial charge in [0.1, 0.15) is 0 Å². The monoisotopic (exact) mass is 267 g/mol. The third-order valence-electron chi connectivity index (χ3n) is 2.40. The molecule has 0 aliphatic heterocycles. The molecule has 0 aromatic heterocycles. The quantitative estimate of drug-likeness (QED) is 0.850. The van der Waals surface area contributed by atoms with E-state index in [4.69, 9.17) is 28.9 Å². The molecule has 0 aliphatic carbocycles. The minimum Gasteiger partial charge on any atom is -0.395 e. The van der Waals surface area contributed by atoms with Gasteiger partial charge in [-0.3, -0.25) is 9.59 Å². The average Bonchev–Trinajstić information content (AvgIpc) is 2.33. The maximum Gasteiger partial charge on any atom is 0.249 e. The molecule has 0 heterocycles. The summed E-state index contributed by atoms with van der Waals surface area (Å²) in [5.41, 5.74) is 5.04. The standard InChI is InChI=1S/C12H7Cl2NO2/c13-8-3-1-2-6(9(8)14)4-5-7-10(15)12(17)11(7)16/h1-5H,15H2. The van der Waals surface area contributed by atoms with E-state index in [2.05, 4.69) is 0 Å². The van der Waals surface area contributed by atoms with Crippen LogP contribution in [-0.2, 0) is 0 Å². The Hall–Kier alpha value is -1.58. The van der Waals surface area contributed by atoms with Crippen molar-refractivity contribution < 1.29 is 0 Å². The number of anilines is 1. The summed E-state index contributed by atoms with van der Waals surface area (Å²) in [5, 5.41) is 0.814. The van der Waals surface area contributed by atoms with Crippen molar-refractivity contribution in [3.8, 4) is 0 Å². The van der Waals surface area contributed by atoms with Gasteiger partial charge in [0.15, 0.2) is 0 Å². The summed E-state index contributed by atoms with van der Waals surface area (Å²) in [6.45, 7) is 0. The molecule has 0 fully saturated rings. The molecule has 0 saturated carbocycles. The third kappa shape index (κ3) is 1.99. The fourth-order valence-electron chi connectivity index (χ4n) is 1.41. The van der Waals surface area contributed by atoms with Gasteiger partial charge in [-0.25, -0.2) is 0 Å². The lowest BCUT2D eigenvalue weighted by molar-refractivity contribution is 1.39. The van der Waals surface area contributed by atoms with E-state index in [1.807, 2.05) is 0 Å². The Morgan fingerprint density at radius 1 is 1.06 bits per heavy atom. The molecule has 86 valence electrons. The Morgan fingerprint density at radius 2 is 1.76 bits per heavy atom. The first kappa shape index (κ1) is 11.9. The lowest BCUT2D eigenvalue weighted by Crippen LogP contribution is -2.36. The van der Waals surface area contributed by atoms with Gasteiger partial charge in [0.25, 0.3) is 0 Å². The largest absolute Gasteiger partial charge is 0.395 e. The van der Waals surface area contributed by atoms with Crippen LogP contribution in [0, 0.1) is 0 Å². The Bertz CT molecular complexity index is 682. The maximum atomic E-state index is 11.1. The Morgan fingerprint density at radius 3 is 2.41 bits per heavy atom. The second-order valence-electron chi connectivity index (χ2n) is 3.46. The average molecular weight is 268 g/mol. The fourth-order valence-corrected chi connectivity index (χ4v) is 1.79. The van der Waals surface area contributed by atoms with Gasteiger partial charge in [-0.1, -0.05) is 41.4 Å². The normalized spacial score (nSPS) is 11.4. The van der Waals surface area contributed by atoms with Crippen LogP contribution in [0.3, 0.4) is 0 Å². The SMILES string of the molecule is Nc1c(C=Cc2cccc(Cl)c2Cl)c(=O)c1=O. The highest BCUT2D eigenvalue weighted by molar-refractivity contribution is 6.42. The lowest BCUT2D eigenvalue weighted by atomic mass is 10.1. The zero-order valence-corrected chi connectivity index (χ0v) is 10.0. The summed E-state index contributed by atoms with van der Waals surface area (Å²) < 4.78 is 0. The number of benzene rings is 1. The summed E-state index contributed by atoms with van der Waals surface area (Å²) in [5.74, 6) is 0. The van der Waals surface area contributed by atoms with Crippen molar-refractivity contribution >= 4 is 41.0 Å². The van der Waals surface area contributed by atoms with Crippen LogP contribution in [0.4, 0.5) is 5.69 Å². The van der Waals surface area contributed by atoms with E-state index in [0.29, 0.717) is 15.6 Å². The Kier molecular flexibility index (Phi) is 3.05. The molecule has 0 spiro atoms. The number of hydrogen-bond donors (Lipinski definition) is 1. The molecule has 2 N–H and O–H groups in total. The number of nitrogen functional groups attached to an aromatic ring is 1. The van der Waals surface area contributed by atoms with Crippen LogP contribution in [0.25, 0.3) is 12.2 Å². The number of rotatable bonds is 2. The molecule has 0 saturated heterocycles. The molecular weight excluding hydrogens is 261 g/mol. The highest BCUT2D eigenvalue weighted by atomic mass is 35.5. The molecule has 3 nitrogen and oxygen atoms in total. The minimum absolute atomic E-state index is 0.00981. The summed E-state index contributed by atoms with van der Waals surface area (Å²) in [6, 6.07) is 5.14. The first-order valence-electron chi connectivity index (χ1n) is 4.73. The van der Waals surface area contributed by atoms with Crippen LogP contribution in [0.1, 0.15) is 11.1 Å². The van der Waals surface area contributed by atoms with Crippen LogP contribution in [0.2, 0.25) is 10.0 Å². The lowest BCUT2D eigenvalue weighted by Gasteiger charge is -2.02.